The second-order valence-electron chi connectivity index (χ2n) is 4.33. The summed E-state index contributed by atoms with van der Waals surface area (Å²) in [6, 6.07) is 2.82. The van der Waals surface area contributed by atoms with Crippen LogP contribution in [0.1, 0.15) is 5.56 Å². The van der Waals surface area contributed by atoms with Gasteiger partial charge >= 0.3 is 0 Å². The van der Waals surface area contributed by atoms with E-state index in [9.17, 15) is 4.39 Å². The third kappa shape index (κ3) is 2.04. The molecule has 3 aromatic rings. The molecule has 3 rings (SSSR count). The minimum absolute atomic E-state index is 0.0403. The monoisotopic (exact) mass is 279 g/mol. The van der Waals surface area contributed by atoms with Gasteiger partial charge in [0.05, 0.1) is 28.8 Å². The lowest BCUT2D eigenvalue weighted by atomic mass is 10.3. The molecule has 0 fully saturated rings. The van der Waals surface area contributed by atoms with E-state index in [1.165, 1.54) is 12.1 Å². The molecular formula is C12H11ClFN5. The number of aromatic nitrogens is 4. The Kier molecular flexibility index (Phi) is 2.67. The van der Waals surface area contributed by atoms with E-state index in [2.05, 4.69) is 10.1 Å². The average molecular weight is 280 g/mol. The predicted molar refractivity (Wildman–Crippen MR) is 71.4 cm³/mol. The summed E-state index contributed by atoms with van der Waals surface area (Å²) in [5, 5.41) is 4.13. The molecule has 2 N–H and O–H groups in total. The number of anilines is 1. The van der Waals surface area contributed by atoms with Crippen LogP contribution in [0.4, 0.5) is 10.3 Å². The van der Waals surface area contributed by atoms with Crippen LogP contribution in [0.5, 0.6) is 0 Å². The quantitative estimate of drug-likeness (QED) is 0.782. The highest BCUT2D eigenvalue weighted by molar-refractivity contribution is 6.31. The topological polar surface area (TPSA) is 61.7 Å². The molecule has 2 aromatic heterocycles. The number of imidazole rings is 1. The van der Waals surface area contributed by atoms with E-state index in [0.29, 0.717) is 23.5 Å². The van der Waals surface area contributed by atoms with E-state index in [4.69, 9.17) is 17.3 Å². The first-order valence-corrected chi connectivity index (χ1v) is 6.00. The van der Waals surface area contributed by atoms with Gasteiger partial charge in [0.15, 0.2) is 0 Å². The van der Waals surface area contributed by atoms with Gasteiger partial charge in [0.25, 0.3) is 0 Å². The van der Waals surface area contributed by atoms with E-state index in [-0.39, 0.29) is 5.02 Å². The maximum absolute atomic E-state index is 13.6. The normalized spacial score (nSPS) is 11.3. The Morgan fingerprint density at radius 1 is 1.42 bits per heavy atom. The predicted octanol–water partition coefficient (Wildman–Crippen LogP) is 2.19. The number of aryl methyl sites for hydroxylation is 1. The Morgan fingerprint density at radius 3 is 2.89 bits per heavy atom. The van der Waals surface area contributed by atoms with Crippen molar-refractivity contribution in [3.05, 3.63) is 40.9 Å². The van der Waals surface area contributed by atoms with Gasteiger partial charge in [-0.25, -0.2) is 9.37 Å². The molecule has 98 valence electrons. The van der Waals surface area contributed by atoms with Crippen molar-refractivity contribution in [2.24, 2.45) is 7.05 Å². The van der Waals surface area contributed by atoms with E-state index >= 15 is 0 Å². The van der Waals surface area contributed by atoms with Crippen molar-refractivity contribution in [3.8, 4) is 0 Å². The van der Waals surface area contributed by atoms with Crippen LogP contribution in [-0.2, 0) is 13.6 Å². The van der Waals surface area contributed by atoms with Crippen LogP contribution >= 0.6 is 11.6 Å². The Balaban J connectivity index is 2.12. The molecule has 0 aliphatic heterocycles. The van der Waals surface area contributed by atoms with Gasteiger partial charge in [-0.05, 0) is 6.07 Å². The maximum atomic E-state index is 13.6. The number of nitrogens with zero attached hydrogens (tertiary/aromatic N) is 4. The molecule has 7 heteroatoms. The molecule has 0 aliphatic rings. The van der Waals surface area contributed by atoms with Gasteiger partial charge in [-0.3, -0.25) is 4.68 Å². The molecule has 0 bridgehead atoms. The Labute approximate surface area is 113 Å². The minimum Gasteiger partial charge on any atom is -0.369 e. The van der Waals surface area contributed by atoms with E-state index in [1.807, 2.05) is 13.2 Å². The molecule has 0 amide bonds. The first kappa shape index (κ1) is 12.0. The summed E-state index contributed by atoms with van der Waals surface area (Å²) in [7, 11) is 1.83. The van der Waals surface area contributed by atoms with Gasteiger partial charge in [0, 0.05) is 24.9 Å². The largest absolute Gasteiger partial charge is 0.369 e. The molecule has 0 aliphatic carbocycles. The average Bonchev–Trinajstić information content (AvgIpc) is 2.87. The molecular weight excluding hydrogens is 269 g/mol. The molecule has 0 spiro atoms. The van der Waals surface area contributed by atoms with Crippen LogP contribution in [0.3, 0.4) is 0 Å². The van der Waals surface area contributed by atoms with E-state index in [1.54, 1.807) is 15.4 Å². The molecule has 0 atom stereocenters. The number of hydrogen-bond acceptors (Lipinski definition) is 3. The van der Waals surface area contributed by atoms with Crippen LogP contribution < -0.4 is 5.73 Å². The summed E-state index contributed by atoms with van der Waals surface area (Å²) >= 11 is 5.73. The van der Waals surface area contributed by atoms with Gasteiger partial charge < -0.3 is 10.3 Å². The zero-order valence-corrected chi connectivity index (χ0v) is 10.9. The highest BCUT2D eigenvalue weighted by Gasteiger charge is 2.12. The number of hydrogen-bond donors (Lipinski definition) is 1. The number of nitrogen functional groups attached to an aromatic ring is 1. The van der Waals surface area contributed by atoms with Crippen LogP contribution in [-0.4, -0.2) is 19.3 Å². The summed E-state index contributed by atoms with van der Waals surface area (Å²) in [6.07, 6.45) is 3.61. The van der Waals surface area contributed by atoms with Crippen molar-refractivity contribution in [2.75, 3.05) is 5.73 Å². The van der Waals surface area contributed by atoms with Crippen molar-refractivity contribution in [1.82, 2.24) is 19.3 Å². The molecule has 1 aromatic carbocycles. The third-order valence-electron chi connectivity index (χ3n) is 2.92. The fourth-order valence-electron chi connectivity index (χ4n) is 2.04. The molecule has 0 unspecified atom stereocenters. The molecule has 0 radical (unpaired) electrons. The van der Waals surface area contributed by atoms with Gasteiger partial charge in [0.1, 0.15) is 5.82 Å². The molecule has 0 saturated carbocycles. The first-order valence-electron chi connectivity index (χ1n) is 5.63. The lowest BCUT2D eigenvalue weighted by Gasteiger charge is -2.04. The van der Waals surface area contributed by atoms with Crippen molar-refractivity contribution in [2.45, 2.75) is 6.54 Å². The number of benzene rings is 1. The van der Waals surface area contributed by atoms with Crippen LogP contribution in [0.15, 0.2) is 24.5 Å². The standard InChI is InChI=1S/C12H11ClFN5/c1-18-5-7(4-16-18)6-19-11-3-9(14)8(13)2-10(11)17-12(19)15/h2-5H,6H2,1H3,(H2,15,17). The van der Waals surface area contributed by atoms with Crippen molar-refractivity contribution < 1.29 is 4.39 Å². The van der Waals surface area contributed by atoms with Crippen LogP contribution in [0, 0.1) is 5.82 Å². The SMILES string of the molecule is Cn1cc(Cn2c(N)nc3cc(Cl)c(F)cc32)cn1. The second-order valence-corrected chi connectivity index (χ2v) is 4.74. The highest BCUT2D eigenvalue weighted by atomic mass is 35.5. The minimum atomic E-state index is -0.485. The summed E-state index contributed by atoms with van der Waals surface area (Å²) < 4.78 is 17.0. The zero-order chi connectivity index (χ0) is 13.6. The Bertz CT molecular complexity index is 761. The summed E-state index contributed by atoms with van der Waals surface area (Å²) in [6.45, 7) is 0.483. The molecule has 2 heterocycles. The van der Waals surface area contributed by atoms with Gasteiger partial charge in [0.2, 0.25) is 5.95 Å². The third-order valence-corrected chi connectivity index (χ3v) is 3.21. The Hall–Kier alpha value is -2.08. The van der Waals surface area contributed by atoms with E-state index in [0.717, 1.165) is 5.56 Å². The smallest absolute Gasteiger partial charge is 0.201 e. The fraction of sp³-hybridized carbons (Fsp3) is 0.167. The summed E-state index contributed by atoms with van der Waals surface area (Å²) in [4.78, 5) is 4.18. The number of halogens is 2. The fourth-order valence-corrected chi connectivity index (χ4v) is 2.20. The number of nitrogens with two attached hydrogens (primary N) is 1. The molecule has 19 heavy (non-hydrogen) atoms. The first-order chi connectivity index (χ1) is 9.04. The van der Waals surface area contributed by atoms with Crippen molar-refractivity contribution >= 4 is 28.6 Å². The second kappa shape index (κ2) is 4.24. The highest BCUT2D eigenvalue weighted by Crippen LogP contribution is 2.25. The maximum Gasteiger partial charge on any atom is 0.201 e. The number of rotatable bonds is 2. The van der Waals surface area contributed by atoms with Gasteiger partial charge in [-0.2, -0.15) is 5.10 Å². The lowest BCUT2D eigenvalue weighted by Crippen LogP contribution is -2.04. The summed E-state index contributed by atoms with van der Waals surface area (Å²) in [5.74, 6) is -0.165. The number of fused-ring (bicyclic) bond motifs is 1. The van der Waals surface area contributed by atoms with Crippen molar-refractivity contribution in [3.63, 3.8) is 0 Å². The van der Waals surface area contributed by atoms with Crippen LogP contribution in [0.2, 0.25) is 5.02 Å². The van der Waals surface area contributed by atoms with Gasteiger partial charge in [-0.15, -0.1) is 0 Å². The van der Waals surface area contributed by atoms with Crippen LogP contribution in [0.25, 0.3) is 11.0 Å². The summed E-state index contributed by atoms with van der Waals surface area (Å²) in [5.41, 5.74) is 8.02. The molecule has 5 nitrogen and oxygen atoms in total. The lowest BCUT2D eigenvalue weighted by molar-refractivity contribution is 0.629. The van der Waals surface area contributed by atoms with Gasteiger partial charge in [-0.1, -0.05) is 11.6 Å². The molecule has 0 saturated heterocycles. The van der Waals surface area contributed by atoms with Crippen molar-refractivity contribution in [1.29, 1.82) is 0 Å². The van der Waals surface area contributed by atoms with E-state index < -0.39 is 5.82 Å². The zero-order valence-electron chi connectivity index (χ0n) is 10.1. The Morgan fingerprint density at radius 2 is 2.21 bits per heavy atom.